The van der Waals surface area contributed by atoms with Crippen LogP contribution in [0.4, 0.5) is 0 Å². The van der Waals surface area contributed by atoms with Gasteiger partial charge in [0.1, 0.15) is 11.1 Å². The minimum atomic E-state index is -0.807. The maximum atomic E-state index is 12.3. The van der Waals surface area contributed by atoms with Gasteiger partial charge in [0.2, 0.25) is 0 Å². The van der Waals surface area contributed by atoms with Gasteiger partial charge in [-0.15, -0.1) is 0 Å². The molecule has 3 aromatic rings. The van der Waals surface area contributed by atoms with E-state index in [1.807, 2.05) is 26.0 Å². The number of allylic oxidation sites excluding steroid dienone is 1. The van der Waals surface area contributed by atoms with Gasteiger partial charge in [-0.3, -0.25) is 9.59 Å². The number of carbonyl (C=O) groups is 2. The number of nitrogens with two attached hydrogens (primary N) is 1. The summed E-state index contributed by atoms with van der Waals surface area (Å²) in [5.74, 6) is -0.916. The number of primary amides is 1. The Labute approximate surface area is 156 Å². The monoisotopic (exact) mass is 361 g/mol. The first-order valence-corrected chi connectivity index (χ1v) is 8.59. The van der Waals surface area contributed by atoms with Crippen molar-refractivity contribution in [1.82, 2.24) is 0 Å². The Hall–Kier alpha value is -3.47. The first-order valence-electron chi connectivity index (χ1n) is 8.59. The van der Waals surface area contributed by atoms with Crippen LogP contribution in [0.15, 0.2) is 57.8 Å². The van der Waals surface area contributed by atoms with Crippen molar-refractivity contribution in [3.8, 4) is 0 Å². The van der Waals surface area contributed by atoms with E-state index in [1.165, 1.54) is 6.08 Å². The van der Waals surface area contributed by atoms with E-state index in [1.54, 1.807) is 36.4 Å². The van der Waals surface area contributed by atoms with Crippen LogP contribution >= 0.6 is 0 Å². The maximum Gasteiger partial charge on any atom is 0.349 e. The van der Waals surface area contributed by atoms with Crippen LogP contribution in [0.3, 0.4) is 0 Å². The number of hydrogen-bond donors (Lipinski definition) is 1. The van der Waals surface area contributed by atoms with E-state index in [2.05, 4.69) is 0 Å². The molecular weight excluding hydrogens is 342 g/mol. The predicted molar refractivity (Wildman–Crippen MR) is 105 cm³/mol. The number of benzene rings is 2. The van der Waals surface area contributed by atoms with E-state index in [0.717, 1.165) is 11.1 Å². The van der Waals surface area contributed by atoms with E-state index < -0.39 is 11.5 Å². The standard InChI is InChI=1S/C22H19NO4/c1-3-16-17-12-14(6-10-18(24)15-8-4-13(2)5-9-15)7-11-19(17)27-22(26)20(16)21(23)25/h4-12H,3H2,1-2H3,(H2,23,25). The molecule has 0 spiro atoms. The minimum absolute atomic E-state index is 0.108. The molecule has 0 fully saturated rings. The third-order valence-corrected chi connectivity index (χ3v) is 4.40. The fourth-order valence-electron chi connectivity index (χ4n) is 2.99. The summed E-state index contributed by atoms with van der Waals surface area (Å²) in [4.78, 5) is 35.9. The van der Waals surface area contributed by atoms with Crippen molar-refractivity contribution < 1.29 is 14.0 Å². The van der Waals surface area contributed by atoms with Gasteiger partial charge in [-0.25, -0.2) is 4.79 Å². The Morgan fingerprint density at radius 3 is 2.44 bits per heavy atom. The summed E-state index contributed by atoms with van der Waals surface area (Å²) in [6, 6.07) is 12.5. The van der Waals surface area contributed by atoms with E-state index in [0.29, 0.717) is 28.5 Å². The number of rotatable bonds is 5. The molecule has 5 nitrogen and oxygen atoms in total. The molecule has 5 heteroatoms. The molecule has 0 radical (unpaired) electrons. The van der Waals surface area contributed by atoms with E-state index >= 15 is 0 Å². The summed E-state index contributed by atoms with van der Waals surface area (Å²) in [7, 11) is 0. The van der Waals surface area contributed by atoms with E-state index in [9.17, 15) is 14.4 Å². The van der Waals surface area contributed by atoms with Crippen LogP contribution in [0.1, 0.15) is 44.3 Å². The number of ketones is 1. The zero-order valence-corrected chi connectivity index (χ0v) is 15.1. The topological polar surface area (TPSA) is 90.4 Å². The van der Waals surface area contributed by atoms with Crippen molar-refractivity contribution in [3.05, 3.63) is 86.8 Å². The molecule has 1 aromatic heterocycles. The molecule has 0 unspecified atom stereocenters. The number of amides is 1. The lowest BCUT2D eigenvalue weighted by atomic mass is 9.99. The molecule has 0 bridgehead atoms. The van der Waals surface area contributed by atoms with Crippen molar-refractivity contribution in [2.75, 3.05) is 0 Å². The van der Waals surface area contributed by atoms with Crippen molar-refractivity contribution in [2.45, 2.75) is 20.3 Å². The predicted octanol–water partition coefficient (Wildman–Crippen LogP) is 3.66. The van der Waals surface area contributed by atoms with Crippen molar-refractivity contribution in [1.29, 1.82) is 0 Å². The number of fused-ring (bicyclic) bond motifs is 1. The van der Waals surface area contributed by atoms with Gasteiger partial charge in [-0.1, -0.05) is 48.9 Å². The van der Waals surface area contributed by atoms with E-state index in [4.69, 9.17) is 10.2 Å². The van der Waals surface area contributed by atoms with E-state index in [-0.39, 0.29) is 11.3 Å². The number of aryl methyl sites for hydroxylation is 2. The number of carbonyl (C=O) groups excluding carboxylic acids is 2. The van der Waals surface area contributed by atoms with Crippen LogP contribution < -0.4 is 11.4 Å². The Morgan fingerprint density at radius 2 is 1.81 bits per heavy atom. The fraction of sp³-hybridized carbons (Fsp3) is 0.136. The van der Waals surface area contributed by atoms with Crippen LogP contribution in [0, 0.1) is 6.92 Å². The molecule has 1 heterocycles. The molecule has 136 valence electrons. The summed E-state index contributed by atoms with van der Waals surface area (Å²) in [5.41, 5.74) is 7.85. The van der Waals surface area contributed by atoms with Crippen molar-refractivity contribution in [3.63, 3.8) is 0 Å². The molecule has 27 heavy (non-hydrogen) atoms. The van der Waals surface area contributed by atoms with Crippen LogP contribution in [0.5, 0.6) is 0 Å². The molecular formula is C22H19NO4. The van der Waals surface area contributed by atoms with Gasteiger partial charge in [-0.05, 0) is 42.7 Å². The van der Waals surface area contributed by atoms with Gasteiger partial charge in [0, 0.05) is 10.9 Å². The van der Waals surface area contributed by atoms with Crippen LogP contribution in [0.25, 0.3) is 17.0 Å². The summed E-state index contributed by atoms with van der Waals surface area (Å²) in [5, 5.41) is 0.635. The molecule has 0 aliphatic heterocycles. The molecule has 1 amide bonds. The summed E-state index contributed by atoms with van der Waals surface area (Å²) in [6.07, 6.45) is 3.64. The fourth-order valence-corrected chi connectivity index (χ4v) is 2.99. The van der Waals surface area contributed by atoms with Gasteiger partial charge < -0.3 is 10.2 Å². The third-order valence-electron chi connectivity index (χ3n) is 4.40. The molecule has 0 atom stereocenters. The lowest BCUT2D eigenvalue weighted by molar-refractivity contribution is 0.0994. The molecule has 0 aliphatic rings. The molecule has 0 saturated carbocycles. The van der Waals surface area contributed by atoms with Gasteiger partial charge in [0.15, 0.2) is 5.78 Å². The summed E-state index contributed by atoms with van der Waals surface area (Å²) >= 11 is 0. The quantitative estimate of drug-likeness (QED) is 0.426. The minimum Gasteiger partial charge on any atom is -0.422 e. The number of hydrogen-bond acceptors (Lipinski definition) is 4. The van der Waals surface area contributed by atoms with Gasteiger partial charge in [0.25, 0.3) is 5.91 Å². The summed E-state index contributed by atoms with van der Waals surface area (Å²) in [6.45, 7) is 3.80. The zero-order chi connectivity index (χ0) is 19.6. The lowest BCUT2D eigenvalue weighted by Crippen LogP contribution is -2.23. The van der Waals surface area contributed by atoms with Gasteiger partial charge >= 0.3 is 5.63 Å². The Balaban J connectivity index is 2.02. The molecule has 2 N–H and O–H groups in total. The average molecular weight is 361 g/mol. The van der Waals surface area contributed by atoms with Crippen molar-refractivity contribution >= 4 is 28.7 Å². The summed E-state index contributed by atoms with van der Waals surface area (Å²) < 4.78 is 5.21. The second-order valence-electron chi connectivity index (χ2n) is 6.28. The van der Waals surface area contributed by atoms with Crippen LogP contribution in [-0.4, -0.2) is 11.7 Å². The smallest absolute Gasteiger partial charge is 0.349 e. The molecule has 3 rings (SSSR count). The Morgan fingerprint density at radius 1 is 1.11 bits per heavy atom. The highest BCUT2D eigenvalue weighted by molar-refractivity contribution is 6.07. The van der Waals surface area contributed by atoms with Gasteiger partial charge in [0.05, 0.1) is 0 Å². The maximum absolute atomic E-state index is 12.3. The zero-order valence-electron chi connectivity index (χ0n) is 15.1. The highest BCUT2D eigenvalue weighted by Crippen LogP contribution is 2.23. The second kappa shape index (κ2) is 7.41. The largest absolute Gasteiger partial charge is 0.422 e. The molecule has 0 aliphatic carbocycles. The lowest BCUT2D eigenvalue weighted by Gasteiger charge is -2.08. The normalized spacial score (nSPS) is 11.2. The SMILES string of the molecule is CCc1c(C(N)=O)c(=O)oc2ccc(C=CC(=O)c3ccc(C)cc3)cc12. The average Bonchev–Trinajstić information content (AvgIpc) is 2.65. The van der Waals surface area contributed by atoms with Crippen LogP contribution in [-0.2, 0) is 6.42 Å². The van der Waals surface area contributed by atoms with Crippen LogP contribution in [0.2, 0.25) is 0 Å². The highest BCUT2D eigenvalue weighted by Gasteiger charge is 2.17. The third kappa shape index (κ3) is 3.72. The second-order valence-corrected chi connectivity index (χ2v) is 6.28. The first kappa shape index (κ1) is 18.3. The highest BCUT2D eigenvalue weighted by atomic mass is 16.4. The molecule has 0 saturated heterocycles. The Bertz CT molecular complexity index is 1120. The first-order chi connectivity index (χ1) is 12.9. The molecule has 2 aromatic carbocycles. The Kier molecular flexibility index (Phi) is 5.03. The van der Waals surface area contributed by atoms with Crippen molar-refractivity contribution in [2.24, 2.45) is 5.73 Å². The van der Waals surface area contributed by atoms with Gasteiger partial charge in [-0.2, -0.15) is 0 Å².